The minimum atomic E-state index is 0.268. The molecule has 0 aromatic carbocycles. The summed E-state index contributed by atoms with van der Waals surface area (Å²) in [7, 11) is 0. The Morgan fingerprint density at radius 3 is 2.48 bits per heavy atom. The standard InChI is InChI=1S/C21H24N6/c1-2-12-27(13-3-1)20(18-7-5-10-23-15-18)16-25-21-24-11-8-19(26-21)17-6-4-9-22-14-17/h4-11,14-15,20H,1-3,12-13,16H2,(H,24,25,26)/t20-/m0/s1. The van der Waals surface area contributed by atoms with Gasteiger partial charge in [0.2, 0.25) is 5.95 Å². The maximum atomic E-state index is 4.66. The van der Waals surface area contributed by atoms with Gasteiger partial charge in [0.25, 0.3) is 0 Å². The Balaban J connectivity index is 1.51. The Labute approximate surface area is 159 Å². The first-order chi connectivity index (χ1) is 13.4. The lowest BCUT2D eigenvalue weighted by atomic mass is 10.0. The highest BCUT2D eigenvalue weighted by atomic mass is 15.2. The van der Waals surface area contributed by atoms with E-state index in [2.05, 4.69) is 36.2 Å². The molecule has 1 fully saturated rings. The summed E-state index contributed by atoms with van der Waals surface area (Å²) in [5.74, 6) is 0.641. The minimum Gasteiger partial charge on any atom is -0.352 e. The Morgan fingerprint density at radius 1 is 0.926 bits per heavy atom. The van der Waals surface area contributed by atoms with Gasteiger partial charge >= 0.3 is 0 Å². The number of pyridine rings is 2. The van der Waals surface area contributed by atoms with Crippen LogP contribution in [0.4, 0.5) is 5.95 Å². The number of nitrogens with one attached hydrogen (secondary N) is 1. The summed E-state index contributed by atoms with van der Waals surface area (Å²) in [6.07, 6.45) is 13.0. The van der Waals surface area contributed by atoms with Crippen LogP contribution in [-0.2, 0) is 0 Å². The third-order valence-corrected chi connectivity index (χ3v) is 4.97. The topological polar surface area (TPSA) is 66.8 Å². The summed E-state index contributed by atoms with van der Waals surface area (Å²) in [5.41, 5.74) is 3.09. The molecule has 138 valence electrons. The largest absolute Gasteiger partial charge is 0.352 e. The van der Waals surface area contributed by atoms with Gasteiger partial charge in [-0.15, -0.1) is 0 Å². The van der Waals surface area contributed by atoms with Crippen molar-refractivity contribution in [3.05, 3.63) is 66.9 Å². The van der Waals surface area contributed by atoms with E-state index < -0.39 is 0 Å². The van der Waals surface area contributed by atoms with E-state index >= 15 is 0 Å². The van der Waals surface area contributed by atoms with Crippen LogP contribution in [0, 0.1) is 0 Å². The van der Waals surface area contributed by atoms with Gasteiger partial charge < -0.3 is 5.32 Å². The second kappa shape index (κ2) is 8.68. The van der Waals surface area contributed by atoms with Gasteiger partial charge in [-0.25, -0.2) is 9.97 Å². The van der Waals surface area contributed by atoms with Crippen LogP contribution >= 0.6 is 0 Å². The molecule has 0 unspecified atom stereocenters. The Morgan fingerprint density at radius 2 is 1.74 bits per heavy atom. The lowest BCUT2D eigenvalue weighted by Gasteiger charge is -2.34. The molecule has 1 saturated heterocycles. The van der Waals surface area contributed by atoms with Crippen molar-refractivity contribution < 1.29 is 0 Å². The number of hydrogen-bond acceptors (Lipinski definition) is 6. The quantitative estimate of drug-likeness (QED) is 0.725. The SMILES string of the molecule is c1cncc(-c2ccnc(NC[C@@H](c3cccnc3)N3CCCCC3)n2)c1. The summed E-state index contributed by atoms with van der Waals surface area (Å²) < 4.78 is 0. The van der Waals surface area contributed by atoms with Crippen LogP contribution < -0.4 is 5.32 Å². The van der Waals surface area contributed by atoms with E-state index in [-0.39, 0.29) is 6.04 Å². The molecule has 3 aromatic heterocycles. The molecule has 6 heteroatoms. The first kappa shape index (κ1) is 17.5. The van der Waals surface area contributed by atoms with Gasteiger partial charge in [0.1, 0.15) is 0 Å². The monoisotopic (exact) mass is 360 g/mol. The molecule has 0 aliphatic carbocycles. The van der Waals surface area contributed by atoms with Gasteiger partial charge in [-0.05, 0) is 55.8 Å². The third kappa shape index (κ3) is 4.46. The first-order valence-electron chi connectivity index (χ1n) is 9.51. The van der Waals surface area contributed by atoms with E-state index in [4.69, 9.17) is 0 Å². The summed E-state index contributed by atoms with van der Waals surface area (Å²) in [6, 6.07) is 10.3. The lowest BCUT2D eigenvalue weighted by molar-refractivity contribution is 0.170. The van der Waals surface area contributed by atoms with Crippen LogP contribution in [0.15, 0.2) is 61.3 Å². The van der Waals surface area contributed by atoms with Crippen LogP contribution in [0.1, 0.15) is 30.9 Å². The van der Waals surface area contributed by atoms with Crippen molar-refractivity contribution in [3.63, 3.8) is 0 Å². The van der Waals surface area contributed by atoms with Crippen molar-refractivity contribution in [1.29, 1.82) is 0 Å². The van der Waals surface area contributed by atoms with Crippen molar-refractivity contribution in [1.82, 2.24) is 24.8 Å². The molecule has 0 amide bonds. The van der Waals surface area contributed by atoms with Gasteiger partial charge in [-0.2, -0.15) is 0 Å². The molecule has 27 heavy (non-hydrogen) atoms. The van der Waals surface area contributed by atoms with E-state index in [1.165, 1.54) is 24.8 Å². The normalized spacial score (nSPS) is 16.0. The first-order valence-corrected chi connectivity index (χ1v) is 9.51. The summed E-state index contributed by atoms with van der Waals surface area (Å²) in [6.45, 7) is 3.00. The molecule has 0 radical (unpaired) electrons. The van der Waals surface area contributed by atoms with Gasteiger partial charge in [0.15, 0.2) is 0 Å². The summed E-state index contributed by atoms with van der Waals surface area (Å²) >= 11 is 0. The van der Waals surface area contributed by atoms with Gasteiger partial charge in [0.05, 0.1) is 11.7 Å². The number of anilines is 1. The maximum absolute atomic E-state index is 4.66. The fourth-order valence-electron chi connectivity index (χ4n) is 3.57. The van der Waals surface area contributed by atoms with Gasteiger partial charge in [-0.3, -0.25) is 14.9 Å². The third-order valence-electron chi connectivity index (χ3n) is 4.97. The smallest absolute Gasteiger partial charge is 0.223 e. The van der Waals surface area contributed by atoms with Crippen molar-refractivity contribution >= 4 is 5.95 Å². The molecule has 0 bridgehead atoms. The van der Waals surface area contributed by atoms with Gasteiger partial charge in [0, 0.05) is 43.1 Å². The van der Waals surface area contributed by atoms with Crippen LogP contribution in [0.3, 0.4) is 0 Å². The highest BCUT2D eigenvalue weighted by molar-refractivity contribution is 5.58. The molecule has 1 atom stereocenters. The molecular formula is C21H24N6. The van der Waals surface area contributed by atoms with E-state index in [9.17, 15) is 0 Å². The highest BCUT2D eigenvalue weighted by Gasteiger charge is 2.22. The lowest BCUT2D eigenvalue weighted by Crippen LogP contribution is -2.37. The van der Waals surface area contributed by atoms with Crippen molar-refractivity contribution in [2.75, 3.05) is 25.0 Å². The molecule has 1 N–H and O–H groups in total. The molecular weight excluding hydrogens is 336 g/mol. The van der Waals surface area contributed by atoms with Crippen LogP contribution in [0.2, 0.25) is 0 Å². The minimum absolute atomic E-state index is 0.268. The number of hydrogen-bond donors (Lipinski definition) is 1. The highest BCUT2D eigenvalue weighted by Crippen LogP contribution is 2.24. The fraction of sp³-hybridized carbons (Fsp3) is 0.333. The number of aromatic nitrogens is 4. The van der Waals surface area contributed by atoms with Crippen LogP contribution in [0.25, 0.3) is 11.3 Å². The zero-order chi connectivity index (χ0) is 18.3. The number of likely N-dealkylation sites (tertiary alicyclic amines) is 1. The number of nitrogens with zero attached hydrogens (tertiary/aromatic N) is 5. The zero-order valence-electron chi connectivity index (χ0n) is 15.3. The molecule has 4 rings (SSSR count). The van der Waals surface area contributed by atoms with E-state index in [1.54, 1.807) is 12.4 Å². The molecule has 0 spiro atoms. The second-order valence-electron chi connectivity index (χ2n) is 6.79. The second-order valence-corrected chi connectivity index (χ2v) is 6.79. The number of piperidine rings is 1. The van der Waals surface area contributed by atoms with E-state index in [0.717, 1.165) is 30.9 Å². The van der Waals surface area contributed by atoms with E-state index in [1.807, 2.05) is 42.9 Å². The molecule has 3 aromatic rings. The van der Waals surface area contributed by atoms with Gasteiger partial charge in [-0.1, -0.05) is 12.5 Å². The molecule has 4 heterocycles. The van der Waals surface area contributed by atoms with Crippen molar-refractivity contribution in [2.24, 2.45) is 0 Å². The Kier molecular flexibility index (Phi) is 5.64. The average Bonchev–Trinajstić information content (AvgIpc) is 2.76. The predicted octanol–water partition coefficient (Wildman–Crippen LogP) is 3.57. The number of rotatable bonds is 6. The zero-order valence-corrected chi connectivity index (χ0v) is 15.3. The van der Waals surface area contributed by atoms with Crippen LogP contribution in [0.5, 0.6) is 0 Å². The summed E-state index contributed by atoms with van der Waals surface area (Å²) in [5, 5.41) is 3.44. The average molecular weight is 360 g/mol. The molecule has 1 aliphatic rings. The molecule has 0 saturated carbocycles. The van der Waals surface area contributed by atoms with Crippen molar-refractivity contribution in [2.45, 2.75) is 25.3 Å². The maximum Gasteiger partial charge on any atom is 0.223 e. The van der Waals surface area contributed by atoms with E-state index in [0.29, 0.717) is 5.95 Å². The fourth-order valence-corrected chi connectivity index (χ4v) is 3.57. The molecule has 6 nitrogen and oxygen atoms in total. The Bertz CT molecular complexity index is 834. The predicted molar refractivity (Wildman–Crippen MR) is 106 cm³/mol. The Hall–Kier alpha value is -2.86. The summed E-state index contributed by atoms with van der Waals surface area (Å²) in [4.78, 5) is 20.1. The van der Waals surface area contributed by atoms with Crippen molar-refractivity contribution in [3.8, 4) is 11.3 Å². The van der Waals surface area contributed by atoms with Crippen LogP contribution in [-0.4, -0.2) is 44.5 Å². The molecule has 1 aliphatic heterocycles.